The summed E-state index contributed by atoms with van der Waals surface area (Å²) in [6, 6.07) is 0. The van der Waals surface area contributed by atoms with Crippen LogP contribution in [0.25, 0.3) is 0 Å². The van der Waals surface area contributed by atoms with Crippen LogP contribution >= 0.6 is 0 Å². The van der Waals surface area contributed by atoms with Crippen LogP contribution in [0.15, 0.2) is 0 Å². The van der Waals surface area contributed by atoms with Crippen molar-refractivity contribution in [2.24, 2.45) is 11.3 Å². The average molecular weight is 233 g/mol. The van der Waals surface area contributed by atoms with Gasteiger partial charge in [-0.2, -0.15) is 0 Å². The molecule has 15 heavy (non-hydrogen) atoms. The predicted molar refractivity (Wildman–Crippen MR) is 63.2 cm³/mol. The van der Waals surface area contributed by atoms with Crippen molar-refractivity contribution in [3.05, 3.63) is 0 Å². The van der Waals surface area contributed by atoms with E-state index < -0.39 is 10.0 Å². The maximum Gasteiger partial charge on any atom is 0.214 e. The maximum atomic E-state index is 11.8. The van der Waals surface area contributed by atoms with Crippen LogP contribution in [0, 0.1) is 11.3 Å². The van der Waals surface area contributed by atoms with Gasteiger partial charge >= 0.3 is 0 Å². The lowest BCUT2D eigenvalue weighted by atomic mass is 9.80. The van der Waals surface area contributed by atoms with E-state index in [1.165, 1.54) is 0 Å². The summed E-state index contributed by atoms with van der Waals surface area (Å²) in [5.41, 5.74) is 0.219. The van der Waals surface area contributed by atoms with Crippen molar-refractivity contribution in [1.82, 2.24) is 4.31 Å². The van der Waals surface area contributed by atoms with Crippen LogP contribution in [0.4, 0.5) is 0 Å². The summed E-state index contributed by atoms with van der Waals surface area (Å²) in [6.07, 6.45) is 1.71. The van der Waals surface area contributed by atoms with E-state index >= 15 is 0 Å². The fourth-order valence-electron chi connectivity index (χ4n) is 2.07. The van der Waals surface area contributed by atoms with Crippen LogP contribution < -0.4 is 0 Å². The third-order valence-corrected chi connectivity index (χ3v) is 5.27. The number of hydrogen-bond donors (Lipinski definition) is 0. The molecule has 0 spiro atoms. The van der Waals surface area contributed by atoms with Crippen molar-refractivity contribution in [1.29, 1.82) is 0 Å². The molecular formula is C11H23NO2S. The van der Waals surface area contributed by atoms with Crippen molar-refractivity contribution in [2.75, 3.05) is 18.8 Å². The van der Waals surface area contributed by atoms with E-state index in [2.05, 4.69) is 20.8 Å². The third kappa shape index (κ3) is 3.18. The molecule has 0 radical (unpaired) electrons. The number of rotatable bonds is 3. The Labute approximate surface area is 93.9 Å². The van der Waals surface area contributed by atoms with Crippen LogP contribution in [-0.4, -0.2) is 31.6 Å². The monoisotopic (exact) mass is 233 g/mol. The minimum atomic E-state index is -2.97. The van der Waals surface area contributed by atoms with E-state index in [0.717, 1.165) is 6.42 Å². The first-order valence-corrected chi connectivity index (χ1v) is 7.36. The van der Waals surface area contributed by atoms with E-state index in [1.807, 2.05) is 6.92 Å². The van der Waals surface area contributed by atoms with Gasteiger partial charge in [-0.25, -0.2) is 12.7 Å². The van der Waals surface area contributed by atoms with Gasteiger partial charge < -0.3 is 0 Å². The molecule has 0 aromatic carbocycles. The van der Waals surface area contributed by atoms with Gasteiger partial charge in [-0.05, 0) is 24.2 Å². The van der Waals surface area contributed by atoms with E-state index in [1.54, 1.807) is 4.31 Å². The molecule has 0 saturated carbocycles. The largest absolute Gasteiger partial charge is 0.214 e. The summed E-state index contributed by atoms with van der Waals surface area (Å²) >= 11 is 0. The van der Waals surface area contributed by atoms with Crippen LogP contribution in [-0.2, 0) is 10.0 Å². The summed E-state index contributed by atoms with van der Waals surface area (Å²) in [6.45, 7) is 9.90. The highest BCUT2D eigenvalue weighted by Gasteiger charge is 2.36. The molecule has 1 rings (SSSR count). The fourth-order valence-corrected chi connectivity index (χ4v) is 3.64. The lowest BCUT2D eigenvalue weighted by molar-refractivity contribution is 0.252. The van der Waals surface area contributed by atoms with Crippen molar-refractivity contribution >= 4 is 10.0 Å². The molecule has 1 fully saturated rings. The fraction of sp³-hybridized carbons (Fsp3) is 1.00. The van der Waals surface area contributed by atoms with Crippen molar-refractivity contribution in [3.8, 4) is 0 Å². The highest BCUT2D eigenvalue weighted by atomic mass is 32.2. The van der Waals surface area contributed by atoms with Crippen molar-refractivity contribution in [3.63, 3.8) is 0 Å². The number of hydrogen-bond acceptors (Lipinski definition) is 2. The topological polar surface area (TPSA) is 37.4 Å². The molecule has 3 nitrogen and oxygen atoms in total. The molecule has 1 heterocycles. The van der Waals surface area contributed by atoms with Crippen LogP contribution in [0.2, 0.25) is 0 Å². The van der Waals surface area contributed by atoms with Gasteiger partial charge in [-0.15, -0.1) is 0 Å². The van der Waals surface area contributed by atoms with Crippen molar-refractivity contribution < 1.29 is 8.42 Å². The normalized spacial score (nSPS) is 24.7. The van der Waals surface area contributed by atoms with Crippen LogP contribution in [0.5, 0.6) is 0 Å². The first-order valence-electron chi connectivity index (χ1n) is 5.75. The quantitative estimate of drug-likeness (QED) is 0.748. The number of nitrogens with zero attached hydrogens (tertiary/aromatic N) is 1. The van der Waals surface area contributed by atoms with E-state index in [0.29, 0.717) is 31.2 Å². The summed E-state index contributed by atoms with van der Waals surface area (Å²) in [4.78, 5) is 0. The standard InChI is InChI=1S/C11H23NO2S/c1-5-8-15(13,14)12-7-6-10(9-12)11(2,3)4/h10H,5-9H2,1-4H3. The maximum absolute atomic E-state index is 11.8. The van der Waals surface area contributed by atoms with Crippen molar-refractivity contribution in [2.45, 2.75) is 40.5 Å². The van der Waals surface area contributed by atoms with Gasteiger partial charge in [0.05, 0.1) is 5.75 Å². The Hall–Kier alpha value is -0.0900. The lowest BCUT2D eigenvalue weighted by Crippen LogP contribution is -2.32. The summed E-state index contributed by atoms with van der Waals surface area (Å²) in [7, 11) is -2.97. The van der Waals surface area contributed by atoms with Gasteiger partial charge in [0, 0.05) is 13.1 Å². The molecule has 0 aliphatic carbocycles. The second-order valence-electron chi connectivity index (χ2n) is 5.53. The summed E-state index contributed by atoms with van der Waals surface area (Å²) < 4.78 is 25.3. The minimum Gasteiger partial charge on any atom is -0.212 e. The molecule has 0 amide bonds. The highest BCUT2D eigenvalue weighted by molar-refractivity contribution is 7.89. The van der Waals surface area contributed by atoms with Crippen LogP contribution in [0.3, 0.4) is 0 Å². The highest BCUT2D eigenvalue weighted by Crippen LogP contribution is 2.34. The molecule has 1 saturated heterocycles. The van der Waals surface area contributed by atoms with E-state index in [9.17, 15) is 8.42 Å². The molecule has 0 aromatic heterocycles. The predicted octanol–water partition coefficient (Wildman–Crippen LogP) is 2.09. The molecule has 90 valence electrons. The zero-order valence-electron chi connectivity index (χ0n) is 10.3. The Morgan fingerprint density at radius 1 is 1.33 bits per heavy atom. The average Bonchev–Trinajstić information content (AvgIpc) is 2.50. The first-order chi connectivity index (χ1) is 6.77. The smallest absolute Gasteiger partial charge is 0.212 e. The Balaban J connectivity index is 2.65. The Morgan fingerprint density at radius 2 is 1.93 bits per heavy atom. The zero-order valence-corrected chi connectivity index (χ0v) is 11.1. The molecule has 1 aliphatic rings. The second-order valence-corrected chi connectivity index (χ2v) is 7.61. The Kier molecular flexibility index (Phi) is 3.82. The van der Waals surface area contributed by atoms with E-state index in [4.69, 9.17) is 0 Å². The van der Waals surface area contributed by atoms with Gasteiger partial charge in [0.25, 0.3) is 0 Å². The zero-order chi connectivity index (χ0) is 11.7. The van der Waals surface area contributed by atoms with Gasteiger partial charge in [-0.3, -0.25) is 0 Å². The minimum absolute atomic E-state index is 0.219. The lowest BCUT2D eigenvalue weighted by Gasteiger charge is -2.26. The molecule has 1 atom stereocenters. The molecule has 4 heteroatoms. The van der Waals surface area contributed by atoms with Gasteiger partial charge in [0.1, 0.15) is 0 Å². The molecular weight excluding hydrogens is 210 g/mol. The SMILES string of the molecule is CCCS(=O)(=O)N1CCC(C(C)(C)C)C1. The third-order valence-electron chi connectivity index (χ3n) is 3.23. The Bertz CT molecular complexity index is 303. The molecule has 0 bridgehead atoms. The molecule has 0 aromatic rings. The molecule has 1 aliphatic heterocycles. The van der Waals surface area contributed by atoms with E-state index in [-0.39, 0.29) is 5.41 Å². The summed E-state index contributed by atoms with van der Waals surface area (Å²) in [5, 5.41) is 0. The summed E-state index contributed by atoms with van der Waals surface area (Å²) in [5.74, 6) is 0.799. The number of sulfonamides is 1. The first kappa shape index (κ1) is 13.0. The van der Waals surface area contributed by atoms with Gasteiger partial charge in [0.15, 0.2) is 0 Å². The second kappa shape index (κ2) is 4.42. The Morgan fingerprint density at radius 3 is 2.33 bits per heavy atom. The molecule has 0 N–H and O–H groups in total. The van der Waals surface area contributed by atoms with Gasteiger partial charge in [-0.1, -0.05) is 27.7 Å². The van der Waals surface area contributed by atoms with Gasteiger partial charge in [0.2, 0.25) is 10.0 Å². The van der Waals surface area contributed by atoms with Crippen LogP contribution in [0.1, 0.15) is 40.5 Å². The molecule has 1 unspecified atom stereocenters.